The van der Waals surface area contributed by atoms with Gasteiger partial charge in [-0.3, -0.25) is 4.79 Å². The molecular weight excluding hydrogens is 293 g/mol. The van der Waals surface area contributed by atoms with Crippen LogP contribution in [-0.2, 0) is 4.79 Å². The molecule has 1 N–H and O–H groups in total. The Balaban J connectivity index is 1.55. The smallest absolute Gasteiger partial charge is 0.223 e. The van der Waals surface area contributed by atoms with Gasteiger partial charge in [-0.05, 0) is 38.2 Å². The summed E-state index contributed by atoms with van der Waals surface area (Å²) < 4.78 is 13.8. The minimum Gasteiger partial charge on any atom is -0.354 e. The van der Waals surface area contributed by atoms with Gasteiger partial charge in [0.2, 0.25) is 5.91 Å². The summed E-state index contributed by atoms with van der Waals surface area (Å²) in [6.07, 6.45) is 6.35. The monoisotopic (exact) mass is 311 g/mol. The number of hydrogen-bond donors (Lipinski definition) is 1. The van der Waals surface area contributed by atoms with Gasteiger partial charge in [-0.1, -0.05) is 11.6 Å². The predicted octanol–water partition coefficient (Wildman–Crippen LogP) is 2.76. The molecule has 1 saturated heterocycles. The first-order chi connectivity index (χ1) is 10.1. The fourth-order valence-corrected chi connectivity index (χ4v) is 3.01. The van der Waals surface area contributed by atoms with Gasteiger partial charge in [0.25, 0.3) is 0 Å². The standard InChI is InChI=1S/C15H19ClFN3O/c16-11-8-13(17)14(18-9-11)20-6-4-10(5-7-20)15(21)19-12-2-1-3-12/h8-10,12H,1-7H2,(H,19,21). The number of pyridine rings is 1. The lowest BCUT2D eigenvalue weighted by Gasteiger charge is -2.34. The highest BCUT2D eigenvalue weighted by Crippen LogP contribution is 2.26. The Hall–Kier alpha value is -1.36. The number of halogens is 2. The molecule has 0 aromatic carbocycles. The van der Waals surface area contributed by atoms with Crippen molar-refractivity contribution >= 4 is 23.3 Å². The maximum atomic E-state index is 13.8. The number of nitrogens with one attached hydrogen (secondary N) is 1. The fourth-order valence-electron chi connectivity index (χ4n) is 2.87. The number of carbonyl (C=O) groups excluding carboxylic acids is 1. The van der Waals surface area contributed by atoms with Crippen LogP contribution in [0.15, 0.2) is 12.3 Å². The first-order valence-corrected chi connectivity index (χ1v) is 7.87. The Morgan fingerprint density at radius 2 is 2.05 bits per heavy atom. The van der Waals surface area contributed by atoms with E-state index in [9.17, 15) is 9.18 Å². The fraction of sp³-hybridized carbons (Fsp3) is 0.600. The zero-order chi connectivity index (χ0) is 14.8. The van der Waals surface area contributed by atoms with Gasteiger partial charge in [0.15, 0.2) is 11.6 Å². The largest absolute Gasteiger partial charge is 0.354 e. The second-order valence-corrected chi connectivity index (χ2v) is 6.29. The number of nitrogens with zero attached hydrogens (tertiary/aromatic N) is 2. The van der Waals surface area contributed by atoms with E-state index in [2.05, 4.69) is 10.3 Å². The summed E-state index contributed by atoms with van der Waals surface area (Å²) in [5.74, 6) is 0.123. The highest BCUT2D eigenvalue weighted by Gasteiger charge is 2.29. The highest BCUT2D eigenvalue weighted by molar-refractivity contribution is 6.30. The third-order valence-corrected chi connectivity index (χ3v) is 4.61. The summed E-state index contributed by atoms with van der Waals surface area (Å²) in [7, 11) is 0. The summed E-state index contributed by atoms with van der Waals surface area (Å²) in [6.45, 7) is 1.29. The van der Waals surface area contributed by atoms with Crippen molar-refractivity contribution in [1.29, 1.82) is 0 Å². The van der Waals surface area contributed by atoms with Crippen molar-refractivity contribution < 1.29 is 9.18 Å². The number of piperidine rings is 1. The third kappa shape index (κ3) is 3.28. The van der Waals surface area contributed by atoms with Crippen LogP contribution in [0.1, 0.15) is 32.1 Å². The van der Waals surface area contributed by atoms with Crippen LogP contribution in [0.4, 0.5) is 10.2 Å². The molecule has 0 atom stereocenters. The Bertz CT molecular complexity index is 528. The van der Waals surface area contributed by atoms with Crippen molar-refractivity contribution in [2.24, 2.45) is 5.92 Å². The third-order valence-electron chi connectivity index (χ3n) is 4.41. The van der Waals surface area contributed by atoms with Crippen LogP contribution < -0.4 is 10.2 Å². The molecule has 4 nitrogen and oxygen atoms in total. The van der Waals surface area contributed by atoms with E-state index in [-0.39, 0.29) is 11.8 Å². The molecule has 1 aromatic heterocycles. The molecule has 1 amide bonds. The van der Waals surface area contributed by atoms with E-state index >= 15 is 0 Å². The Kier molecular flexibility index (Phi) is 4.29. The summed E-state index contributed by atoms with van der Waals surface area (Å²) in [5.41, 5.74) is 0. The zero-order valence-electron chi connectivity index (χ0n) is 11.8. The first kappa shape index (κ1) is 14.6. The quantitative estimate of drug-likeness (QED) is 0.933. The van der Waals surface area contributed by atoms with Crippen molar-refractivity contribution in [1.82, 2.24) is 10.3 Å². The van der Waals surface area contributed by atoms with Crippen LogP contribution in [0.3, 0.4) is 0 Å². The SMILES string of the molecule is O=C(NC1CCC1)C1CCN(c2ncc(Cl)cc2F)CC1. The molecule has 0 spiro atoms. The summed E-state index contributed by atoms with van der Waals surface area (Å²) >= 11 is 5.71. The van der Waals surface area contributed by atoms with Crippen molar-refractivity contribution in [3.63, 3.8) is 0 Å². The molecule has 0 unspecified atom stereocenters. The zero-order valence-corrected chi connectivity index (χ0v) is 12.6. The van der Waals surface area contributed by atoms with Gasteiger partial charge in [0.05, 0.1) is 5.02 Å². The molecule has 1 aliphatic carbocycles. The van der Waals surface area contributed by atoms with E-state index in [1.165, 1.54) is 18.7 Å². The van der Waals surface area contributed by atoms with Gasteiger partial charge in [0.1, 0.15) is 0 Å². The van der Waals surface area contributed by atoms with Crippen LogP contribution in [-0.4, -0.2) is 30.0 Å². The molecule has 1 saturated carbocycles. The molecule has 3 rings (SSSR count). The molecule has 0 bridgehead atoms. The molecule has 21 heavy (non-hydrogen) atoms. The lowest BCUT2D eigenvalue weighted by Crippen LogP contribution is -2.46. The molecule has 1 aromatic rings. The van der Waals surface area contributed by atoms with E-state index < -0.39 is 5.82 Å². The number of carbonyl (C=O) groups is 1. The Morgan fingerprint density at radius 3 is 2.62 bits per heavy atom. The summed E-state index contributed by atoms with van der Waals surface area (Å²) in [5, 5.41) is 3.39. The number of amides is 1. The van der Waals surface area contributed by atoms with Gasteiger partial charge < -0.3 is 10.2 Å². The minimum atomic E-state index is -0.403. The topological polar surface area (TPSA) is 45.2 Å². The van der Waals surface area contributed by atoms with E-state index in [1.807, 2.05) is 4.90 Å². The minimum absolute atomic E-state index is 0.0391. The number of anilines is 1. The lowest BCUT2D eigenvalue weighted by atomic mass is 9.90. The second-order valence-electron chi connectivity index (χ2n) is 5.86. The van der Waals surface area contributed by atoms with Crippen LogP contribution in [0.25, 0.3) is 0 Å². The van der Waals surface area contributed by atoms with Crippen LogP contribution >= 0.6 is 11.6 Å². The highest BCUT2D eigenvalue weighted by atomic mass is 35.5. The number of hydrogen-bond acceptors (Lipinski definition) is 3. The maximum absolute atomic E-state index is 13.8. The van der Waals surface area contributed by atoms with Crippen LogP contribution in [0, 0.1) is 11.7 Å². The first-order valence-electron chi connectivity index (χ1n) is 7.50. The van der Waals surface area contributed by atoms with Crippen molar-refractivity contribution in [3.05, 3.63) is 23.1 Å². The Labute approximate surface area is 128 Å². The van der Waals surface area contributed by atoms with Crippen LogP contribution in [0.5, 0.6) is 0 Å². The second kappa shape index (κ2) is 6.18. The van der Waals surface area contributed by atoms with Gasteiger partial charge in [-0.2, -0.15) is 0 Å². The maximum Gasteiger partial charge on any atom is 0.223 e. The van der Waals surface area contributed by atoms with E-state index in [4.69, 9.17) is 11.6 Å². The average Bonchev–Trinajstić information content (AvgIpc) is 2.43. The molecule has 0 radical (unpaired) electrons. The molecule has 114 valence electrons. The summed E-state index contributed by atoms with van der Waals surface area (Å²) in [4.78, 5) is 18.1. The molecule has 6 heteroatoms. The van der Waals surface area contributed by atoms with E-state index in [0.717, 1.165) is 25.7 Å². The van der Waals surface area contributed by atoms with Crippen LogP contribution in [0.2, 0.25) is 5.02 Å². The van der Waals surface area contributed by atoms with Gasteiger partial charge in [-0.15, -0.1) is 0 Å². The molecule has 2 aliphatic rings. The van der Waals surface area contributed by atoms with Crippen molar-refractivity contribution in [3.8, 4) is 0 Å². The predicted molar refractivity (Wildman–Crippen MR) is 79.9 cm³/mol. The molecular formula is C15H19ClFN3O. The van der Waals surface area contributed by atoms with Crippen molar-refractivity contribution in [2.75, 3.05) is 18.0 Å². The molecule has 2 fully saturated rings. The molecule has 2 heterocycles. The van der Waals surface area contributed by atoms with Gasteiger partial charge in [-0.25, -0.2) is 9.37 Å². The van der Waals surface area contributed by atoms with Gasteiger partial charge in [0, 0.05) is 31.2 Å². The van der Waals surface area contributed by atoms with Gasteiger partial charge >= 0.3 is 0 Å². The number of rotatable bonds is 3. The number of aromatic nitrogens is 1. The molecule has 1 aliphatic heterocycles. The normalized spacial score (nSPS) is 20.2. The van der Waals surface area contributed by atoms with E-state index in [1.54, 1.807) is 0 Å². The van der Waals surface area contributed by atoms with Crippen molar-refractivity contribution in [2.45, 2.75) is 38.1 Å². The lowest BCUT2D eigenvalue weighted by molar-refractivity contribution is -0.126. The van der Waals surface area contributed by atoms with E-state index in [0.29, 0.717) is 30.0 Å². The summed E-state index contributed by atoms with van der Waals surface area (Å²) in [6, 6.07) is 1.66. The average molecular weight is 312 g/mol. The Morgan fingerprint density at radius 1 is 1.33 bits per heavy atom.